The van der Waals surface area contributed by atoms with Gasteiger partial charge in [0, 0.05) is 25.6 Å². The van der Waals surface area contributed by atoms with Crippen LogP contribution in [0, 0.1) is 5.82 Å². The smallest absolute Gasteiger partial charge is 0.245 e. The van der Waals surface area contributed by atoms with Crippen molar-refractivity contribution < 1.29 is 13.9 Å². The van der Waals surface area contributed by atoms with Crippen molar-refractivity contribution in [3.05, 3.63) is 54.1 Å². The summed E-state index contributed by atoms with van der Waals surface area (Å²) in [5.41, 5.74) is 0.181. The average molecular weight is 317 g/mol. The molecule has 1 aromatic carbocycles. The summed E-state index contributed by atoms with van der Waals surface area (Å²) in [6.45, 7) is 2.86. The molecule has 1 aliphatic heterocycles. The molecule has 0 radical (unpaired) electrons. The minimum Gasteiger partial charge on any atom is -0.381 e. The first-order valence-electron chi connectivity index (χ1n) is 7.76. The van der Waals surface area contributed by atoms with Crippen LogP contribution in [0.2, 0.25) is 0 Å². The summed E-state index contributed by atoms with van der Waals surface area (Å²) in [6, 6.07) is 7.77. The zero-order valence-corrected chi connectivity index (χ0v) is 13.0. The van der Waals surface area contributed by atoms with Gasteiger partial charge in [-0.3, -0.25) is 9.48 Å². The first-order chi connectivity index (χ1) is 11.1. The van der Waals surface area contributed by atoms with Gasteiger partial charge in [0.25, 0.3) is 0 Å². The van der Waals surface area contributed by atoms with E-state index >= 15 is 0 Å². The molecule has 0 unspecified atom stereocenters. The number of nitrogens with zero attached hydrogens (tertiary/aromatic N) is 2. The normalized spacial score (nSPS) is 18.3. The Labute approximate surface area is 134 Å². The highest BCUT2D eigenvalue weighted by Gasteiger charge is 2.37. The number of hydrogen-bond donors (Lipinski definition) is 1. The van der Waals surface area contributed by atoms with E-state index in [1.54, 1.807) is 36.1 Å². The molecule has 122 valence electrons. The van der Waals surface area contributed by atoms with Gasteiger partial charge in [0.1, 0.15) is 11.9 Å². The summed E-state index contributed by atoms with van der Waals surface area (Å²) in [4.78, 5) is 12.7. The van der Waals surface area contributed by atoms with Crippen molar-refractivity contribution in [1.82, 2.24) is 15.1 Å². The second-order valence-corrected chi connectivity index (χ2v) is 5.86. The molecule has 1 aliphatic rings. The van der Waals surface area contributed by atoms with Gasteiger partial charge in [-0.2, -0.15) is 5.10 Å². The molecule has 1 aromatic heterocycles. The maximum Gasteiger partial charge on any atom is 0.245 e. The maximum atomic E-state index is 13.7. The quantitative estimate of drug-likeness (QED) is 0.942. The molecule has 3 rings (SSSR count). The van der Waals surface area contributed by atoms with Gasteiger partial charge in [-0.05, 0) is 43.5 Å². The van der Waals surface area contributed by atoms with Gasteiger partial charge in [-0.15, -0.1) is 0 Å². The van der Waals surface area contributed by atoms with Crippen molar-refractivity contribution in [1.29, 1.82) is 0 Å². The van der Waals surface area contributed by atoms with E-state index in [-0.39, 0.29) is 11.7 Å². The van der Waals surface area contributed by atoms with Gasteiger partial charge in [0.05, 0.1) is 5.54 Å². The Balaban J connectivity index is 1.86. The largest absolute Gasteiger partial charge is 0.381 e. The Hall–Kier alpha value is -2.21. The Bertz CT molecular complexity index is 666. The third-order valence-corrected chi connectivity index (χ3v) is 4.39. The van der Waals surface area contributed by atoms with Crippen LogP contribution in [-0.2, 0) is 15.1 Å². The molecule has 1 amide bonds. The number of halogens is 1. The molecule has 0 aliphatic carbocycles. The fourth-order valence-corrected chi connectivity index (χ4v) is 2.96. The summed E-state index contributed by atoms with van der Waals surface area (Å²) in [7, 11) is 0. The lowest BCUT2D eigenvalue weighted by atomic mass is 9.82. The van der Waals surface area contributed by atoms with Crippen molar-refractivity contribution in [2.75, 3.05) is 13.2 Å². The predicted molar refractivity (Wildman–Crippen MR) is 83.2 cm³/mol. The summed E-state index contributed by atoms with van der Waals surface area (Å²) in [6.07, 6.45) is 4.63. The molecule has 1 atom stereocenters. The minimum atomic E-state index is -0.598. The van der Waals surface area contributed by atoms with Crippen LogP contribution in [0.4, 0.5) is 4.39 Å². The fourth-order valence-electron chi connectivity index (χ4n) is 2.96. The highest BCUT2D eigenvalue weighted by Crippen LogP contribution is 2.33. The minimum absolute atomic E-state index is 0.139. The number of rotatable bonds is 4. The molecule has 5 nitrogen and oxygen atoms in total. The lowest BCUT2D eigenvalue weighted by Crippen LogP contribution is -2.51. The Morgan fingerprint density at radius 2 is 2.17 bits per heavy atom. The highest BCUT2D eigenvalue weighted by atomic mass is 19.1. The molecule has 23 heavy (non-hydrogen) atoms. The second kappa shape index (κ2) is 6.50. The van der Waals surface area contributed by atoms with Crippen LogP contribution in [0.25, 0.3) is 0 Å². The van der Waals surface area contributed by atoms with Gasteiger partial charge in [0.15, 0.2) is 0 Å². The Morgan fingerprint density at radius 3 is 2.83 bits per heavy atom. The fraction of sp³-hybridized carbons (Fsp3) is 0.412. The maximum absolute atomic E-state index is 13.7. The number of carbonyl (C=O) groups is 1. The number of nitrogens with one attached hydrogen (secondary N) is 1. The van der Waals surface area contributed by atoms with Crippen molar-refractivity contribution in [2.24, 2.45) is 0 Å². The van der Waals surface area contributed by atoms with Gasteiger partial charge < -0.3 is 10.1 Å². The van der Waals surface area contributed by atoms with Crippen LogP contribution in [-0.4, -0.2) is 28.9 Å². The summed E-state index contributed by atoms with van der Waals surface area (Å²) >= 11 is 0. The predicted octanol–water partition coefficient (Wildman–Crippen LogP) is 2.41. The Morgan fingerprint density at radius 1 is 1.39 bits per heavy atom. The molecule has 1 saturated heterocycles. The SMILES string of the molecule is C[C@@H](C(=O)NC1(c2cccc(F)c2)CCOCC1)n1cccn1. The molecule has 1 fully saturated rings. The van der Waals surface area contributed by atoms with Crippen LogP contribution >= 0.6 is 0 Å². The number of hydrogen-bond acceptors (Lipinski definition) is 3. The van der Waals surface area contributed by atoms with Crippen molar-refractivity contribution in [3.8, 4) is 0 Å². The topological polar surface area (TPSA) is 56.1 Å². The Kier molecular flexibility index (Phi) is 4.43. The van der Waals surface area contributed by atoms with Crippen molar-refractivity contribution >= 4 is 5.91 Å². The number of ether oxygens (including phenoxy) is 1. The summed E-state index contributed by atoms with van der Waals surface area (Å²) < 4.78 is 20.7. The van der Waals surface area contributed by atoms with Gasteiger partial charge in [0.2, 0.25) is 5.91 Å². The van der Waals surface area contributed by atoms with Crippen molar-refractivity contribution in [3.63, 3.8) is 0 Å². The van der Waals surface area contributed by atoms with E-state index in [2.05, 4.69) is 10.4 Å². The van der Waals surface area contributed by atoms with E-state index in [1.807, 2.05) is 6.07 Å². The standard InChI is InChI=1S/C17H20FN3O2/c1-13(21-9-3-8-19-21)16(22)20-17(6-10-23-11-7-17)14-4-2-5-15(18)12-14/h2-5,8-9,12-13H,6-7,10-11H2,1H3,(H,20,22)/t13-/m0/s1. The summed E-state index contributed by atoms with van der Waals surface area (Å²) in [5.74, 6) is -0.442. The molecule has 2 heterocycles. The number of amides is 1. The third kappa shape index (κ3) is 3.27. The number of carbonyl (C=O) groups excluding carboxylic acids is 1. The highest BCUT2D eigenvalue weighted by molar-refractivity contribution is 5.80. The van der Waals surface area contributed by atoms with E-state index in [0.717, 1.165) is 5.56 Å². The van der Waals surface area contributed by atoms with E-state index in [0.29, 0.717) is 26.1 Å². The molecular weight excluding hydrogens is 297 g/mol. The molecule has 6 heteroatoms. The molecule has 2 aromatic rings. The molecule has 0 spiro atoms. The molecule has 1 N–H and O–H groups in total. The van der Waals surface area contributed by atoms with E-state index < -0.39 is 11.6 Å². The first kappa shape index (κ1) is 15.7. The van der Waals surface area contributed by atoms with Crippen LogP contribution < -0.4 is 5.32 Å². The number of benzene rings is 1. The van der Waals surface area contributed by atoms with E-state index in [9.17, 15) is 9.18 Å². The van der Waals surface area contributed by atoms with Crippen molar-refractivity contribution in [2.45, 2.75) is 31.3 Å². The van der Waals surface area contributed by atoms with Crippen LogP contribution in [0.15, 0.2) is 42.7 Å². The van der Waals surface area contributed by atoms with E-state index in [4.69, 9.17) is 4.74 Å². The van der Waals surface area contributed by atoms with Gasteiger partial charge in [-0.25, -0.2) is 4.39 Å². The van der Waals surface area contributed by atoms with Gasteiger partial charge in [-0.1, -0.05) is 12.1 Å². The molecular formula is C17H20FN3O2. The van der Waals surface area contributed by atoms with Gasteiger partial charge >= 0.3 is 0 Å². The monoisotopic (exact) mass is 317 g/mol. The van der Waals surface area contributed by atoms with E-state index in [1.165, 1.54) is 12.1 Å². The lowest BCUT2D eigenvalue weighted by molar-refractivity contribution is -0.127. The molecule has 0 saturated carbocycles. The van der Waals surface area contributed by atoms with Crippen LogP contribution in [0.5, 0.6) is 0 Å². The summed E-state index contributed by atoms with van der Waals surface area (Å²) in [5, 5.41) is 7.23. The zero-order valence-electron chi connectivity index (χ0n) is 13.0. The third-order valence-electron chi connectivity index (χ3n) is 4.39. The second-order valence-electron chi connectivity index (χ2n) is 5.86. The first-order valence-corrected chi connectivity index (χ1v) is 7.76. The molecule has 0 bridgehead atoms. The number of aromatic nitrogens is 2. The average Bonchev–Trinajstić information content (AvgIpc) is 3.09. The zero-order chi connectivity index (χ0) is 16.3. The van der Waals surface area contributed by atoms with Crippen LogP contribution in [0.3, 0.4) is 0 Å². The lowest BCUT2D eigenvalue weighted by Gasteiger charge is -2.39. The van der Waals surface area contributed by atoms with Crippen LogP contribution in [0.1, 0.15) is 31.4 Å².